The summed E-state index contributed by atoms with van der Waals surface area (Å²) < 4.78 is 108. The lowest BCUT2D eigenvalue weighted by atomic mass is 10.2. The highest BCUT2D eigenvalue weighted by Crippen LogP contribution is 2.36. The maximum absolute atomic E-state index is 13.4. The van der Waals surface area contributed by atoms with Gasteiger partial charge in [-0.05, 0) is 19.1 Å². The Morgan fingerprint density at radius 1 is 1.11 bits per heavy atom. The predicted molar refractivity (Wildman–Crippen MR) is 117 cm³/mol. The van der Waals surface area contributed by atoms with E-state index in [1.807, 2.05) is 0 Å². The normalized spacial score (nSPS) is 14.1. The van der Waals surface area contributed by atoms with E-state index in [1.54, 1.807) is 0 Å². The summed E-state index contributed by atoms with van der Waals surface area (Å²) in [5.41, 5.74) is -1.50. The fourth-order valence-electron chi connectivity index (χ4n) is 3.60. The first kappa shape index (κ1) is 25.7. The molecule has 4 rings (SSSR count). The third-order valence-corrected chi connectivity index (χ3v) is 7.45. The first-order valence-corrected chi connectivity index (χ1v) is 12.0. The van der Waals surface area contributed by atoms with E-state index in [-0.39, 0.29) is 34.0 Å². The fraction of sp³-hybridized carbons (Fsp3) is 0.400. The van der Waals surface area contributed by atoms with Crippen LogP contribution in [-0.4, -0.2) is 62.6 Å². The number of fused-ring (bicyclic) bond motifs is 2. The molecule has 4 aromatic rings. The van der Waals surface area contributed by atoms with Gasteiger partial charge in [0.15, 0.2) is 26.2 Å². The number of hydrogen-bond donors (Lipinski definition) is 0. The largest absolute Gasteiger partial charge is 0.417 e. The Kier molecular flexibility index (Phi) is 5.93. The average molecular weight is 535 g/mol. The van der Waals surface area contributed by atoms with Crippen LogP contribution in [-0.2, 0) is 23.1 Å². The van der Waals surface area contributed by atoms with Crippen LogP contribution < -0.4 is 4.90 Å². The van der Waals surface area contributed by atoms with Gasteiger partial charge in [0.25, 0.3) is 0 Å². The van der Waals surface area contributed by atoms with Crippen molar-refractivity contribution in [3.05, 3.63) is 30.1 Å². The molecule has 1 unspecified atom stereocenters. The molecule has 4 aromatic heterocycles. The smallest absolute Gasteiger partial charge is 0.348 e. The molecule has 36 heavy (non-hydrogen) atoms. The van der Waals surface area contributed by atoms with Gasteiger partial charge in [-0.2, -0.15) is 36.0 Å². The highest BCUT2D eigenvalue weighted by molar-refractivity contribution is 7.91. The number of pyridine rings is 1. The van der Waals surface area contributed by atoms with Crippen molar-refractivity contribution in [3.8, 4) is 11.4 Å². The van der Waals surface area contributed by atoms with Gasteiger partial charge in [0.2, 0.25) is 0 Å². The minimum absolute atomic E-state index is 0.0242. The van der Waals surface area contributed by atoms with Crippen LogP contribution in [0.5, 0.6) is 0 Å². The van der Waals surface area contributed by atoms with Crippen molar-refractivity contribution >= 4 is 32.5 Å². The van der Waals surface area contributed by atoms with Gasteiger partial charge in [-0.25, -0.2) is 23.4 Å². The quantitative estimate of drug-likeness (QED) is 0.358. The number of hydrogen-bond acceptors (Lipinski definition) is 7. The monoisotopic (exact) mass is 535 g/mol. The van der Waals surface area contributed by atoms with Crippen LogP contribution in [0.3, 0.4) is 0 Å². The van der Waals surface area contributed by atoms with Crippen molar-refractivity contribution in [2.75, 3.05) is 17.7 Å². The van der Waals surface area contributed by atoms with Gasteiger partial charge in [0, 0.05) is 26.5 Å². The number of imidazole rings is 1. The molecular formula is C20H19F6N7O2S. The van der Waals surface area contributed by atoms with E-state index in [0.29, 0.717) is 6.20 Å². The molecule has 0 saturated heterocycles. The van der Waals surface area contributed by atoms with Crippen LogP contribution in [0.2, 0.25) is 0 Å². The Balaban J connectivity index is 2.05. The van der Waals surface area contributed by atoms with Gasteiger partial charge in [0.1, 0.15) is 28.8 Å². The molecule has 16 heteroatoms. The summed E-state index contributed by atoms with van der Waals surface area (Å²) in [6.07, 6.45) is -7.48. The number of rotatable bonds is 5. The zero-order chi connectivity index (χ0) is 26.8. The first-order valence-electron chi connectivity index (χ1n) is 10.4. The second-order valence-electron chi connectivity index (χ2n) is 8.01. The summed E-state index contributed by atoms with van der Waals surface area (Å²) in [5, 5.41) is 3.57. The predicted octanol–water partition coefficient (Wildman–Crippen LogP) is 3.88. The molecule has 194 valence electrons. The van der Waals surface area contributed by atoms with Crippen LogP contribution in [0.15, 0.2) is 29.6 Å². The SMILES string of the molecule is CCS(=O)(=O)c1nn2c(N(C)C(C)C(F)(F)F)ccnc2c1-c1nc2cc(C(F)(F)F)cnc2n1C. The molecular weight excluding hydrogens is 516 g/mol. The van der Waals surface area contributed by atoms with Crippen LogP contribution in [0, 0.1) is 0 Å². The number of aryl methyl sites for hydroxylation is 1. The van der Waals surface area contributed by atoms with Crippen molar-refractivity contribution < 1.29 is 34.8 Å². The summed E-state index contributed by atoms with van der Waals surface area (Å²) in [4.78, 5) is 13.0. The Morgan fingerprint density at radius 2 is 1.78 bits per heavy atom. The van der Waals surface area contributed by atoms with Crippen LogP contribution in [0.1, 0.15) is 19.4 Å². The number of alkyl halides is 6. The van der Waals surface area contributed by atoms with Crippen molar-refractivity contribution in [3.63, 3.8) is 0 Å². The van der Waals surface area contributed by atoms with Gasteiger partial charge in [-0.15, -0.1) is 0 Å². The third kappa shape index (κ3) is 4.12. The molecule has 0 N–H and O–H groups in total. The summed E-state index contributed by atoms with van der Waals surface area (Å²) in [5.74, 6) is -0.635. The van der Waals surface area contributed by atoms with Gasteiger partial charge >= 0.3 is 12.4 Å². The molecule has 0 saturated carbocycles. The number of nitrogens with zero attached hydrogens (tertiary/aromatic N) is 7. The van der Waals surface area contributed by atoms with Crippen LogP contribution in [0.4, 0.5) is 32.2 Å². The first-order chi connectivity index (χ1) is 16.6. The number of aromatic nitrogens is 6. The molecule has 0 aromatic carbocycles. The fourth-order valence-corrected chi connectivity index (χ4v) is 4.58. The Morgan fingerprint density at radius 3 is 2.36 bits per heavy atom. The van der Waals surface area contributed by atoms with E-state index in [4.69, 9.17) is 0 Å². The van der Waals surface area contributed by atoms with Gasteiger partial charge in [-0.3, -0.25) is 0 Å². The Bertz CT molecular complexity index is 1570. The number of halogens is 6. The standard InChI is InChI=1S/C20H19F6N7O2S/c1-5-36(34,35)18-14(17-29-12-8-11(20(24,25)26)9-28-15(12)32(17)4)16-27-7-6-13(33(16)30-18)31(3)10(2)19(21,22)23/h6-10H,5H2,1-4H3. The minimum atomic E-state index is -4.68. The molecule has 0 aliphatic heterocycles. The minimum Gasteiger partial charge on any atom is -0.348 e. The molecule has 4 heterocycles. The van der Waals surface area contributed by atoms with Gasteiger partial charge in [0.05, 0.1) is 11.3 Å². The maximum Gasteiger partial charge on any atom is 0.417 e. The lowest BCUT2D eigenvalue weighted by Crippen LogP contribution is -2.42. The lowest BCUT2D eigenvalue weighted by molar-refractivity contribution is -0.144. The summed E-state index contributed by atoms with van der Waals surface area (Å²) in [6.45, 7) is 2.27. The third-order valence-electron chi connectivity index (χ3n) is 5.82. The Labute approximate surface area is 200 Å². The average Bonchev–Trinajstić information content (AvgIpc) is 3.34. The molecule has 0 fully saturated rings. The zero-order valence-electron chi connectivity index (χ0n) is 19.2. The molecule has 0 spiro atoms. The topological polar surface area (TPSA) is 98.3 Å². The molecule has 0 radical (unpaired) electrons. The van der Waals surface area contributed by atoms with E-state index in [9.17, 15) is 34.8 Å². The van der Waals surface area contributed by atoms with Crippen molar-refractivity contribution in [1.29, 1.82) is 0 Å². The van der Waals surface area contributed by atoms with E-state index >= 15 is 0 Å². The number of sulfone groups is 1. The summed E-state index contributed by atoms with van der Waals surface area (Å²) in [7, 11) is -1.50. The lowest BCUT2D eigenvalue weighted by Gasteiger charge is -2.28. The summed E-state index contributed by atoms with van der Waals surface area (Å²) in [6, 6.07) is 0.0478. The highest BCUT2D eigenvalue weighted by atomic mass is 32.2. The molecule has 9 nitrogen and oxygen atoms in total. The van der Waals surface area contributed by atoms with Gasteiger partial charge in [-0.1, -0.05) is 6.92 Å². The van der Waals surface area contributed by atoms with Crippen molar-refractivity contribution in [2.45, 2.75) is 37.3 Å². The molecule has 0 amide bonds. The summed E-state index contributed by atoms with van der Waals surface area (Å²) >= 11 is 0. The van der Waals surface area contributed by atoms with Gasteiger partial charge < -0.3 is 9.47 Å². The molecule has 0 bridgehead atoms. The Hall–Kier alpha value is -3.43. The van der Waals surface area contributed by atoms with Crippen molar-refractivity contribution in [2.24, 2.45) is 7.05 Å². The van der Waals surface area contributed by atoms with Crippen LogP contribution >= 0.6 is 0 Å². The second-order valence-corrected chi connectivity index (χ2v) is 10.2. The van der Waals surface area contributed by atoms with Crippen LogP contribution in [0.25, 0.3) is 28.2 Å². The second kappa shape index (κ2) is 8.31. The molecule has 0 aliphatic carbocycles. The van der Waals surface area contributed by atoms with E-state index in [0.717, 1.165) is 22.4 Å². The zero-order valence-corrected chi connectivity index (χ0v) is 20.0. The van der Waals surface area contributed by atoms with Crippen molar-refractivity contribution in [1.82, 2.24) is 29.1 Å². The molecule has 1 atom stereocenters. The maximum atomic E-state index is 13.4. The van der Waals surface area contributed by atoms with E-state index < -0.39 is 44.6 Å². The highest BCUT2D eigenvalue weighted by Gasteiger charge is 2.40. The van der Waals surface area contributed by atoms with E-state index in [1.165, 1.54) is 37.8 Å². The molecule has 0 aliphatic rings. The van der Waals surface area contributed by atoms with E-state index in [2.05, 4.69) is 20.1 Å². The number of anilines is 1.